The van der Waals surface area contributed by atoms with Gasteiger partial charge < -0.3 is 20.5 Å². The zero-order valence-corrected chi connectivity index (χ0v) is 16.1. The second-order valence-corrected chi connectivity index (χ2v) is 6.05. The van der Waals surface area contributed by atoms with E-state index in [4.69, 9.17) is 15.2 Å². The molecule has 6 heteroatoms. The molecule has 0 fully saturated rings. The topological polar surface area (TPSA) is 73.6 Å². The normalized spacial score (nSPS) is 11.3. The summed E-state index contributed by atoms with van der Waals surface area (Å²) in [5.74, 6) is 0.597. The van der Waals surface area contributed by atoms with Gasteiger partial charge in [-0.15, -0.1) is 12.4 Å². The lowest BCUT2D eigenvalue weighted by Gasteiger charge is -2.15. The van der Waals surface area contributed by atoms with Gasteiger partial charge in [0.2, 0.25) is 0 Å². The average Bonchev–Trinajstić information content (AvgIpc) is 2.64. The molecule has 0 saturated heterocycles. The van der Waals surface area contributed by atoms with Crippen LogP contribution in [0, 0.1) is 0 Å². The Morgan fingerprint density at radius 3 is 2.50 bits per heavy atom. The highest BCUT2D eigenvalue weighted by Crippen LogP contribution is 2.28. The Labute approximate surface area is 161 Å². The average molecular weight is 379 g/mol. The van der Waals surface area contributed by atoms with E-state index in [9.17, 15) is 4.79 Å². The first kappa shape index (κ1) is 21.8. The van der Waals surface area contributed by atoms with Gasteiger partial charge in [-0.3, -0.25) is 4.79 Å². The minimum absolute atomic E-state index is 0. The van der Waals surface area contributed by atoms with Crippen molar-refractivity contribution in [1.29, 1.82) is 0 Å². The molecule has 0 radical (unpaired) electrons. The monoisotopic (exact) mass is 378 g/mol. The summed E-state index contributed by atoms with van der Waals surface area (Å²) in [4.78, 5) is 10.8. The summed E-state index contributed by atoms with van der Waals surface area (Å²) in [6.45, 7) is 2.76. The van der Waals surface area contributed by atoms with E-state index in [0.717, 1.165) is 24.9 Å². The van der Waals surface area contributed by atoms with E-state index >= 15 is 0 Å². The van der Waals surface area contributed by atoms with Crippen LogP contribution in [0.4, 0.5) is 0 Å². The number of nitrogens with one attached hydrogen (secondary N) is 1. The molecule has 0 spiro atoms. The SMILES string of the molecule is COc1cc(CNC(C)CCc2ccccc2)ccc1OCC(N)=O.Cl. The number of halogens is 1. The summed E-state index contributed by atoms with van der Waals surface area (Å²) in [5.41, 5.74) is 7.55. The molecule has 0 heterocycles. The van der Waals surface area contributed by atoms with Gasteiger partial charge in [0.1, 0.15) is 0 Å². The Morgan fingerprint density at radius 1 is 1.12 bits per heavy atom. The Kier molecular flexibility index (Phi) is 9.55. The van der Waals surface area contributed by atoms with Gasteiger partial charge in [0.25, 0.3) is 5.91 Å². The van der Waals surface area contributed by atoms with Crippen LogP contribution >= 0.6 is 12.4 Å². The number of methoxy groups -OCH3 is 1. The van der Waals surface area contributed by atoms with Crippen molar-refractivity contribution in [3.8, 4) is 11.5 Å². The van der Waals surface area contributed by atoms with E-state index < -0.39 is 5.91 Å². The summed E-state index contributed by atoms with van der Waals surface area (Å²) >= 11 is 0. The van der Waals surface area contributed by atoms with Crippen LogP contribution < -0.4 is 20.5 Å². The largest absolute Gasteiger partial charge is 0.493 e. The van der Waals surface area contributed by atoms with Crippen LogP contribution in [0.1, 0.15) is 24.5 Å². The van der Waals surface area contributed by atoms with Crippen molar-refractivity contribution in [1.82, 2.24) is 5.32 Å². The van der Waals surface area contributed by atoms with Crippen molar-refractivity contribution in [2.75, 3.05) is 13.7 Å². The van der Waals surface area contributed by atoms with E-state index in [1.807, 2.05) is 18.2 Å². The van der Waals surface area contributed by atoms with E-state index in [2.05, 4.69) is 36.5 Å². The first-order valence-corrected chi connectivity index (χ1v) is 8.44. The zero-order chi connectivity index (χ0) is 18.1. The molecule has 0 aromatic heterocycles. The fourth-order valence-electron chi connectivity index (χ4n) is 2.51. The lowest BCUT2D eigenvalue weighted by atomic mass is 10.1. The molecule has 1 unspecified atom stereocenters. The quantitative estimate of drug-likeness (QED) is 0.666. The maximum Gasteiger partial charge on any atom is 0.255 e. The number of hydrogen-bond donors (Lipinski definition) is 2. The summed E-state index contributed by atoms with van der Waals surface area (Å²) in [5, 5.41) is 3.52. The Hall–Kier alpha value is -2.24. The summed E-state index contributed by atoms with van der Waals surface area (Å²) in [6, 6.07) is 16.6. The number of benzene rings is 2. The third-order valence-corrected chi connectivity index (χ3v) is 3.96. The second-order valence-electron chi connectivity index (χ2n) is 6.05. The Morgan fingerprint density at radius 2 is 1.85 bits per heavy atom. The molecule has 5 nitrogen and oxygen atoms in total. The number of hydrogen-bond acceptors (Lipinski definition) is 4. The molecule has 0 aliphatic rings. The van der Waals surface area contributed by atoms with Crippen LogP contribution in [-0.4, -0.2) is 25.7 Å². The van der Waals surface area contributed by atoms with Crippen LogP contribution in [0.15, 0.2) is 48.5 Å². The van der Waals surface area contributed by atoms with Crippen molar-refractivity contribution >= 4 is 18.3 Å². The van der Waals surface area contributed by atoms with Crippen LogP contribution in [0.25, 0.3) is 0 Å². The number of carbonyl (C=O) groups excluding carboxylic acids is 1. The number of aryl methyl sites for hydroxylation is 1. The van der Waals surface area contributed by atoms with Gasteiger partial charge in [0.15, 0.2) is 18.1 Å². The van der Waals surface area contributed by atoms with E-state index in [1.165, 1.54) is 5.56 Å². The summed E-state index contributed by atoms with van der Waals surface area (Å²) in [6.07, 6.45) is 2.12. The van der Waals surface area contributed by atoms with E-state index in [0.29, 0.717) is 17.5 Å². The number of rotatable bonds is 10. The van der Waals surface area contributed by atoms with Gasteiger partial charge in [-0.05, 0) is 43.0 Å². The molecule has 2 rings (SSSR count). The first-order chi connectivity index (χ1) is 12.1. The van der Waals surface area contributed by atoms with Gasteiger partial charge in [-0.1, -0.05) is 36.4 Å². The predicted molar refractivity (Wildman–Crippen MR) is 106 cm³/mol. The highest BCUT2D eigenvalue weighted by Gasteiger charge is 2.08. The van der Waals surface area contributed by atoms with Crippen molar-refractivity contribution in [2.45, 2.75) is 32.4 Å². The molecule has 1 amide bonds. The molecule has 2 aromatic rings. The Bertz CT molecular complexity index is 680. The van der Waals surface area contributed by atoms with Gasteiger partial charge >= 0.3 is 0 Å². The standard InChI is InChI=1S/C20H26N2O3.ClH/c1-15(8-9-16-6-4-3-5-7-16)22-13-17-10-11-18(19(12-17)24-2)25-14-20(21)23;/h3-7,10-12,15,22H,8-9,13-14H2,1-2H3,(H2,21,23);1H. The Balaban J connectivity index is 0.00000338. The summed E-state index contributed by atoms with van der Waals surface area (Å²) < 4.78 is 10.7. The number of ether oxygens (including phenoxy) is 2. The first-order valence-electron chi connectivity index (χ1n) is 8.44. The fourth-order valence-corrected chi connectivity index (χ4v) is 2.51. The maximum absolute atomic E-state index is 10.8. The molecular weight excluding hydrogens is 352 g/mol. The van der Waals surface area contributed by atoms with E-state index in [-0.39, 0.29) is 19.0 Å². The highest BCUT2D eigenvalue weighted by molar-refractivity contribution is 5.85. The molecule has 26 heavy (non-hydrogen) atoms. The van der Waals surface area contributed by atoms with Crippen molar-refractivity contribution < 1.29 is 14.3 Å². The smallest absolute Gasteiger partial charge is 0.255 e. The third-order valence-electron chi connectivity index (χ3n) is 3.96. The lowest BCUT2D eigenvalue weighted by Crippen LogP contribution is -2.26. The molecule has 0 bridgehead atoms. The highest BCUT2D eigenvalue weighted by atomic mass is 35.5. The third kappa shape index (κ3) is 7.33. The number of nitrogens with two attached hydrogens (primary N) is 1. The number of primary amides is 1. The maximum atomic E-state index is 10.8. The molecule has 0 saturated carbocycles. The van der Waals surface area contributed by atoms with Crippen LogP contribution in [0.3, 0.4) is 0 Å². The molecule has 142 valence electrons. The lowest BCUT2D eigenvalue weighted by molar-refractivity contribution is -0.119. The van der Waals surface area contributed by atoms with Gasteiger partial charge in [-0.2, -0.15) is 0 Å². The van der Waals surface area contributed by atoms with E-state index in [1.54, 1.807) is 13.2 Å². The van der Waals surface area contributed by atoms with Crippen molar-refractivity contribution in [3.63, 3.8) is 0 Å². The van der Waals surface area contributed by atoms with Crippen LogP contribution in [0.5, 0.6) is 11.5 Å². The molecule has 1 atom stereocenters. The van der Waals surface area contributed by atoms with Crippen LogP contribution in [-0.2, 0) is 17.8 Å². The van der Waals surface area contributed by atoms with Gasteiger partial charge in [0.05, 0.1) is 7.11 Å². The van der Waals surface area contributed by atoms with Crippen molar-refractivity contribution in [3.05, 3.63) is 59.7 Å². The predicted octanol–water partition coefficient (Wildman–Crippen LogP) is 3.09. The molecule has 0 aliphatic carbocycles. The molecular formula is C20H27ClN2O3. The minimum atomic E-state index is -0.514. The van der Waals surface area contributed by atoms with Crippen LogP contribution in [0.2, 0.25) is 0 Å². The van der Waals surface area contributed by atoms with Gasteiger partial charge in [-0.25, -0.2) is 0 Å². The number of carbonyl (C=O) groups is 1. The zero-order valence-electron chi connectivity index (χ0n) is 15.2. The fraction of sp³-hybridized carbons (Fsp3) is 0.350. The van der Waals surface area contributed by atoms with Gasteiger partial charge in [0, 0.05) is 12.6 Å². The number of amides is 1. The minimum Gasteiger partial charge on any atom is -0.493 e. The molecule has 2 aromatic carbocycles. The van der Waals surface area contributed by atoms with Crippen molar-refractivity contribution in [2.24, 2.45) is 5.73 Å². The molecule has 0 aliphatic heterocycles. The second kappa shape index (κ2) is 11.4. The molecule has 3 N–H and O–H groups in total. The summed E-state index contributed by atoms with van der Waals surface area (Å²) in [7, 11) is 1.58.